The summed E-state index contributed by atoms with van der Waals surface area (Å²) >= 11 is 0. The maximum Gasteiger partial charge on any atom is 0.417 e. The molecule has 4 nitrogen and oxygen atoms in total. The van der Waals surface area contributed by atoms with E-state index in [0.29, 0.717) is 18.2 Å². The maximum absolute atomic E-state index is 12.9. The third-order valence-electron chi connectivity index (χ3n) is 3.17. The second-order valence-electron chi connectivity index (χ2n) is 5.32. The van der Waals surface area contributed by atoms with Gasteiger partial charge in [0.1, 0.15) is 0 Å². The topological polar surface area (TPSA) is 61.8 Å². The second kappa shape index (κ2) is 6.69. The summed E-state index contributed by atoms with van der Waals surface area (Å²) in [6.45, 7) is 4.85. The molecule has 0 atom stereocenters. The molecule has 0 aliphatic rings. The number of nitrogens with zero attached hydrogens (tertiary/aromatic N) is 2. The highest BCUT2D eigenvalue weighted by Gasteiger charge is 2.34. The normalized spacial score (nSPS) is 12.8. The maximum atomic E-state index is 12.9. The van der Waals surface area contributed by atoms with Crippen LogP contribution in [0.3, 0.4) is 0 Å². The van der Waals surface area contributed by atoms with Crippen LogP contribution in [0, 0.1) is 5.92 Å². The highest BCUT2D eigenvalue weighted by molar-refractivity contribution is 5.99. The lowest BCUT2D eigenvalue weighted by molar-refractivity contribution is -0.137. The minimum Gasteiger partial charge on any atom is -0.409 e. The molecule has 1 aromatic rings. The van der Waals surface area contributed by atoms with Crippen molar-refractivity contribution in [2.24, 2.45) is 16.8 Å². The summed E-state index contributed by atoms with van der Waals surface area (Å²) in [5, 5.41) is 11.3. The zero-order chi connectivity index (χ0) is 16.2. The Bertz CT molecular complexity index is 513. The molecule has 0 aliphatic carbocycles. The summed E-state index contributed by atoms with van der Waals surface area (Å²) in [7, 11) is 1.79. The fourth-order valence-corrected chi connectivity index (χ4v) is 1.86. The molecule has 1 aromatic carbocycles. The molecule has 0 amide bonds. The number of alkyl halides is 3. The van der Waals surface area contributed by atoms with Gasteiger partial charge >= 0.3 is 6.18 Å². The molecule has 0 fully saturated rings. The third kappa shape index (κ3) is 4.54. The van der Waals surface area contributed by atoms with Crippen molar-refractivity contribution in [3.63, 3.8) is 0 Å². The molecule has 0 saturated heterocycles. The van der Waals surface area contributed by atoms with Gasteiger partial charge in [-0.25, -0.2) is 0 Å². The van der Waals surface area contributed by atoms with Crippen LogP contribution in [0.15, 0.2) is 23.4 Å². The molecule has 0 unspecified atom stereocenters. The van der Waals surface area contributed by atoms with Gasteiger partial charge in [-0.3, -0.25) is 0 Å². The van der Waals surface area contributed by atoms with Crippen molar-refractivity contribution in [2.75, 3.05) is 18.5 Å². The van der Waals surface area contributed by atoms with Crippen molar-refractivity contribution in [1.29, 1.82) is 0 Å². The van der Waals surface area contributed by atoms with Crippen LogP contribution in [-0.4, -0.2) is 24.6 Å². The fourth-order valence-electron chi connectivity index (χ4n) is 1.86. The predicted molar refractivity (Wildman–Crippen MR) is 76.7 cm³/mol. The third-order valence-corrected chi connectivity index (χ3v) is 3.17. The minimum absolute atomic E-state index is 0.320. The molecule has 0 saturated carbocycles. The van der Waals surface area contributed by atoms with Crippen molar-refractivity contribution in [1.82, 2.24) is 0 Å². The van der Waals surface area contributed by atoms with Gasteiger partial charge in [-0.2, -0.15) is 13.2 Å². The largest absolute Gasteiger partial charge is 0.417 e. The van der Waals surface area contributed by atoms with Crippen LogP contribution in [0.2, 0.25) is 0 Å². The van der Waals surface area contributed by atoms with E-state index >= 15 is 0 Å². The van der Waals surface area contributed by atoms with E-state index in [1.807, 2.05) is 4.90 Å². The van der Waals surface area contributed by atoms with E-state index in [2.05, 4.69) is 19.0 Å². The Morgan fingerprint density at radius 3 is 2.48 bits per heavy atom. The van der Waals surface area contributed by atoms with Crippen LogP contribution in [0.1, 0.15) is 31.4 Å². The smallest absolute Gasteiger partial charge is 0.409 e. The summed E-state index contributed by atoms with van der Waals surface area (Å²) in [5.74, 6) is -0.0631. The molecule has 118 valence electrons. The molecule has 0 spiro atoms. The average Bonchev–Trinajstić information content (AvgIpc) is 2.42. The number of benzene rings is 1. The number of rotatable bonds is 5. The highest BCUT2D eigenvalue weighted by Crippen LogP contribution is 2.34. The van der Waals surface area contributed by atoms with Crippen molar-refractivity contribution >= 4 is 11.5 Å². The van der Waals surface area contributed by atoms with Gasteiger partial charge in [0, 0.05) is 24.8 Å². The van der Waals surface area contributed by atoms with E-state index in [1.165, 1.54) is 12.1 Å². The lowest BCUT2D eigenvalue weighted by Crippen LogP contribution is -2.23. The lowest BCUT2D eigenvalue weighted by atomic mass is 10.0. The second-order valence-corrected chi connectivity index (χ2v) is 5.32. The Morgan fingerprint density at radius 1 is 1.38 bits per heavy atom. The standard InChI is InChI=1S/C14H20F3N3O/c1-9(2)6-7-20(3)10-4-5-12(14(15,16)17)11(8-10)13(18)19-21/h4-5,8-9,21H,6-7H2,1-3H3,(H2,18,19). The van der Waals surface area contributed by atoms with Gasteiger partial charge in [-0.1, -0.05) is 19.0 Å². The van der Waals surface area contributed by atoms with Gasteiger partial charge < -0.3 is 15.8 Å². The first-order valence-corrected chi connectivity index (χ1v) is 6.57. The van der Waals surface area contributed by atoms with E-state index in [4.69, 9.17) is 10.9 Å². The van der Waals surface area contributed by atoms with Gasteiger partial charge in [0.2, 0.25) is 0 Å². The summed E-state index contributed by atoms with van der Waals surface area (Å²) in [4.78, 5) is 1.84. The first-order chi connectivity index (χ1) is 9.66. The van der Waals surface area contributed by atoms with E-state index in [-0.39, 0.29) is 5.56 Å². The average molecular weight is 303 g/mol. The molecule has 0 radical (unpaired) electrons. The summed E-state index contributed by atoms with van der Waals surface area (Å²) in [5.41, 5.74) is 4.71. The Hall–Kier alpha value is -1.92. The minimum atomic E-state index is -4.56. The molecular weight excluding hydrogens is 283 g/mol. The molecule has 21 heavy (non-hydrogen) atoms. The molecule has 1 rings (SSSR count). The van der Waals surface area contributed by atoms with Gasteiger partial charge in [0.05, 0.1) is 5.56 Å². The number of hydrogen-bond donors (Lipinski definition) is 2. The van der Waals surface area contributed by atoms with Crippen molar-refractivity contribution < 1.29 is 18.4 Å². The molecule has 0 aromatic heterocycles. The van der Waals surface area contributed by atoms with Crippen molar-refractivity contribution in [3.8, 4) is 0 Å². The summed E-state index contributed by atoms with van der Waals surface area (Å²) in [6, 6.07) is 3.63. The molecule has 0 bridgehead atoms. The van der Waals surface area contributed by atoms with E-state index in [1.54, 1.807) is 7.05 Å². The molecular formula is C14H20F3N3O. The number of oxime groups is 1. The van der Waals surface area contributed by atoms with Crippen molar-refractivity contribution in [3.05, 3.63) is 29.3 Å². The first-order valence-electron chi connectivity index (χ1n) is 6.57. The number of hydrogen-bond acceptors (Lipinski definition) is 3. The van der Waals surface area contributed by atoms with Crippen LogP contribution in [0.4, 0.5) is 18.9 Å². The van der Waals surface area contributed by atoms with Crippen LogP contribution in [-0.2, 0) is 6.18 Å². The quantitative estimate of drug-likeness (QED) is 0.380. The predicted octanol–water partition coefficient (Wildman–Crippen LogP) is 3.28. The van der Waals surface area contributed by atoms with E-state index < -0.39 is 17.6 Å². The molecule has 0 heterocycles. The fraction of sp³-hybridized carbons (Fsp3) is 0.500. The number of amidine groups is 1. The van der Waals surface area contributed by atoms with E-state index in [0.717, 1.165) is 12.5 Å². The number of nitrogens with two attached hydrogens (primary N) is 1. The number of anilines is 1. The first kappa shape index (κ1) is 17.1. The van der Waals surface area contributed by atoms with Gasteiger partial charge in [0.15, 0.2) is 5.84 Å². The van der Waals surface area contributed by atoms with Crippen LogP contribution in [0.25, 0.3) is 0 Å². The van der Waals surface area contributed by atoms with Gasteiger partial charge in [-0.15, -0.1) is 0 Å². The Labute approximate surface area is 122 Å². The zero-order valence-corrected chi connectivity index (χ0v) is 12.3. The highest BCUT2D eigenvalue weighted by atomic mass is 19.4. The molecule has 7 heteroatoms. The Morgan fingerprint density at radius 2 is 2.00 bits per heavy atom. The molecule has 3 N–H and O–H groups in total. The van der Waals surface area contributed by atoms with Crippen LogP contribution < -0.4 is 10.6 Å². The van der Waals surface area contributed by atoms with Crippen molar-refractivity contribution in [2.45, 2.75) is 26.4 Å². The van der Waals surface area contributed by atoms with E-state index in [9.17, 15) is 13.2 Å². The monoisotopic (exact) mass is 303 g/mol. The zero-order valence-electron chi connectivity index (χ0n) is 12.3. The Kier molecular flexibility index (Phi) is 5.46. The van der Waals surface area contributed by atoms with Gasteiger partial charge in [0.25, 0.3) is 0 Å². The summed E-state index contributed by atoms with van der Waals surface area (Å²) in [6.07, 6.45) is -3.64. The van der Waals surface area contributed by atoms with Crippen LogP contribution in [0.5, 0.6) is 0 Å². The lowest BCUT2D eigenvalue weighted by Gasteiger charge is -2.22. The SMILES string of the molecule is CC(C)CCN(C)c1ccc(C(F)(F)F)c(/C(N)=N/O)c1. The number of halogens is 3. The Balaban J connectivity index is 3.16. The van der Waals surface area contributed by atoms with Gasteiger partial charge in [-0.05, 0) is 30.5 Å². The summed E-state index contributed by atoms with van der Waals surface area (Å²) < 4.78 is 38.8. The molecule has 0 aliphatic heterocycles. The van der Waals surface area contributed by atoms with Crippen LogP contribution >= 0.6 is 0 Å².